The molecule has 0 unspecified atom stereocenters. The van der Waals surface area contributed by atoms with Gasteiger partial charge >= 0.3 is 5.97 Å². The monoisotopic (exact) mass is 244 g/mol. The van der Waals surface area contributed by atoms with Crippen molar-refractivity contribution in [3.05, 3.63) is 34.9 Å². The van der Waals surface area contributed by atoms with Crippen LogP contribution in [0.2, 0.25) is 0 Å². The van der Waals surface area contributed by atoms with Crippen LogP contribution in [-0.4, -0.2) is 17.9 Å². The SMILES string of the molecule is C=C1C(=O)O[C@@H]2CC(C)=C3C(=O)C=C(C)[C@H]3C[C@H]12. The van der Waals surface area contributed by atoms with Crippen molar-refractivity contribution in [2.24, 2.45) is 11.8 Å². The van der Waals surface area contributed by atoms with E-state index in [2.05, 4.69) is 6.58 Å². The van der Waals surface area contributed by atoms with E-state index in [1.165, 1.54) is 0 Å². The Balaban J connectivity index is 2.03. The summed E-state index contributed by atoms with van der Waals surface area (Å²) in [5.41, 5.74) is 3.65. The van der Waals surface area contributed by atoms with E-state index in [0.717, 1.165) is 23.1 Å². The molecule has 1 saturated heterocycles. The molecular weight excluding hydrogens is 228 g/mol. The highest BCUT2D eigenvalue weighted by Gasteiger charge is 2.45. The highest BCUT2D eigenvalue weighted by Crippen LogP contribution is 2.45. The minimum atomic E-state index is -0.271. The van der Waals surface area contributed by atoms with Crippen molar-refractivity contribution < 1.29 is 14.3 Å². The molecule has 1 fully saturated rings. The number of ketones is 1. The van der Waals surface area contributed by atoms with Gasteiger partial charge in [0.15, 0.2) is 5.78 Å². The second kappa shape index (κ2) is 3.67. The van der Waals surface area contributed by atoms with Gasteiger partial charge in [0.1, 0.15) is 6.10 Å². The van der Waals surface area contributed by atoms with Gasteiger partial charge in [0.2, 0.25) is 0 Å². The van der Waals surface area contributed by atoms with Crippen molar-refractivity contribution in [1.29, 1.82) is 0 Å². The van der Waals surface area contributed by atoms with Crippen LogP contribution in [0.3, 0.4) is 0 Å². The van der Waals surface area contributed by atoms with Crippen LogP contribution in [0.5, 0.6) is 0 Å². The fourth-order valence-electron chi connectivity index (χ4n) is 3.41. The van der Waals surface area contributed by atoms with Crippen LogP contribution in [0.15, 0.2) is 34.9 Å². The van der Waals surface area contributed by atoms with Gasteiger partial charge in [-0.3, -0.25) is 4.79 Å². The zero-order valence-electron chi connectivity index (χ0n) is 10.7. The Morgan fingerprint density at radius 3 is 2.78 bits per heavy atom. The zero-order chi connectivity index (χ0) is 13.0. The maximum atomic E-state index is 12.0. The second-order valence-corrected chi connectivity index (χ2v) is 5.51. The smallest absolute Gasteiger partial charge is 0.334 e. The van der Waals surface area contributed by atoms with Gasteiger partial charge in [-0.15, -0.1) is 0 Å². The Morgan fingerprint density at radius 2 is 2.06 bits per heavy atom. The molecule has 1 heterocycles. The molecule has 3 rings (SSSR count). The quantitative estimate of drug-likeness (QED) is 0.485. The van der Waals surface area contributed by atoms with Crippen LogP contribution in [0, 0.1) is 11.8 Å². The molecule has 0 aromatic carbocycles. The molecule has 94 valence electrons. The Bertz CT molecular complexity index is 536. The lowest BCUT2D eigenvalue weighted by Gasteiger charge is -2.17. The molecule has 0 spiro atoms. The minimum Gasteiger partial charge on any atom is -0.458 e. The van der Waals surface area contributed by atoms with Crippen LogP contribution in [-0.2, 0) is 14.3 Å². The second-order valence-electron chi connectivity index (χ2n) is 5.51. The van der Waals surface area contributed by atoms with E-state index in [-0.39, 0.29) is 29.7 Å². The number of carbonyl (C=O) groups excluding carboxylic acids is 2. The summed E-state index contributed by atoms with van der Waals surface area (Å²) in [6.07, 6.45) is 3.04. The Hall–Kier alpha value is -1.64. The fraction of sp³-hybridized carbons (Fsp3) is 0.467. The number of esters is 1. The van der Waals surface area contributed by atoms with Gasteiger partial charge in [-0.2, -0.15) is 0 Å². The number of ether oxygens (including phenoxy) is 1. The highest BCUT2D eigenvalue weighted by atomic mass is 16.6. The maximum Gasteiger partial charge on any atom is 0.334 e. The van der Waals surface area contributed by atoms with Crippen LogP contribution in [0.25, 0.3) is 0 Å². The molecule has 0 radical (unpaired) electrons. The summed E-state index contributed by atoms with van der Waals surface area (Å²) >= 11 is 0. The lowest BCUT2D eigenvalue weighted by molar-refractivity contribution is -0.139. The van der Waals surface area contributed by atoms with Gasteiger partial charge in [0, 0.05) is 29.4 Å². The molecule has 3 heteroatoms. The number of fused-ring (bicyclic) bond motifs is 2. The fourth-order valence-corrected chi connectivity index (χ4v) is 3.41. The molecule has 3 nitrogen and oxygen atoms in total. The number of hydrogen-bond donors (Lipinski definition) is 0. The first-order chi connectivity index (χ1) is 8.49. The Labute approximate surface area is 106 Å². The number of hydrogen-bond acceptors (Lipinski definition) is 3. The van der Waals surface area contributed by atoms with Crippen molar-refractivity contribution in [2.45, 2.75) is 32.8 Å². The number of carbonyl (C=O) groups is 2. The van der Waals surface area contributed by atoms with Gasteiger partial charge in [-0.25, -0.2) is 4.79 Å². The molecule has 0 aromatic rings. The first-order valence-corrected chi connectivity index (χ1v) is 6.31. The van der Waals surface area contributed by atoms with E-state index < -0.39 is 0 Å². The minimum absolute atomic E-state index is 0.0594. The van der Waals surface area contributed by atoms with Gasteiger partial charge in [-0.05, 0) is 26.3 Å². The predicted octanol–water partition coefficient (Wildman–Crippen LogP) is 2.34. The molecular formula is C15H16O3. The molecule has 0 bridgehead atoms. The van der Waals surface area contributed by atoms with Crippen molar-refractivity contribution >= 4 is 11.8 Å². The number of allylic oxidation sites excluding steroid dienone is 3. The van der Waals surface area contributed by atoms with E-state index in [0.29, 0.717) is 12.0 Å². The molecule has 0 amide bonds. The number of rotatable bonds is 0. The molecule has 0 N–H and O–H groups in total. The van der Waals surface area contributed by atoms with Gasteiger partial charge < -0.3 is 4.74 Å². The summed E-state index contributed by atoms with van der Waals surface area (Å²) in [5, 5.41) is 0. The van der Waals surface area contributed by atoms with Crippen LogP contribution in [0.4, 0.5) is 0 Å². The summed E-state index contributed by atoms with van der Waals surface area (Å²) < 4.78 is 5.36. The molecule has 2 aliphatic carbocycles. The molecule has 1 aliphatic heterocycles. The first-order valence-electron chi connectivity index (χ1n) is 6.31. The van der Waals surface area contributed by atoms with Gasteiger partial charge in [-0.1, -0.05) is 17.7 Å². The largest absolute Gasteiger partial charge is 0.458 e. The van der Waals surface area contributed by atoms with Gasteiger partial charge in [0.05, 0.1) is 0 Å². The summed E-state index contributed by atoms with van der Waals surface area (Å²) in [4.78, 5) is 23.6. The van der Waals surface area contributed by atoms with Gasteiger partial charge in [0.25, 0.3) is 0 Å². The van der Waals surface area contributed by atoms with Crippen LogP contribution < -0.4 is 0 Å². The van der Waals surface area contributed by atoms with E-state index in [4.69, 9.17) is 4.74 Å². The van der Waals surface area contributed by atoms with Crippen LogP contribution >= 0.6 is 0 Å². The lowest BCUT2D eigenvalue weighted by atomic mass is 9.84. The topological polar surface area (TPSA) is 43.4 Å². The first kappa shape index (κ1) is 11.5. The average Bonchev–Trinajstić information content (AvgIpc) is 2.65. The van der Waals surface area contributed by atoms with E-state index >= 15 is 0 Å². The Morgan fingerprint density at radius 1 is 1.33 bits per heavy atom. The van der Waals surface area contributed by atoms with Crippen molar-refractivity contribution in [3.63, 3.8) is 0 Å². The third kappa shape index (κ3) is 1.43. The summed E-state index contributed by atoms with van der Waals surface area (Å²) in [7, 11) is 0. The molecule has 18 heavy (non-hydrogen) atoms. The van der Waals surface area contributed by atoms with Crippen molar-refractivity contribution in [2.75, 3.05) is 0 Å². The average molecular weight is 244 g/mol. The summed E-state index contributed by atoms with van der Waals surface area (Å²) in [5.74, 6) is 0.0714. The molecule has 3 atom stereocenters. The molecule has 0 saturated carbocycles. The Kier molecular flexibility index (Phi) is 2.34. The van der Waals surface area contributed by atoms with E-state index in [1.807, 2.05) is 13.8 Å². The maximum absolute atomic E-state index is 12.0. The summed E-state index contributed by atoms with van der Waals surface area (Å²) in [6, 6.07) is 0. The van der Waals surface area contributed by atoms with E-state index in [1.54, 1.807) is 6.08 Å². The third-order valence-corrected chi connectivity index (χ3v) is 4.40. The van der Waals surface area contributed by atoms with Crippen LogP contribution in [0.1, 0.15) is 26.7 Å². The standard InChI is InChI=1S/C15H16O3/c1-7-4-12(16)14-8(2)5-13-11(6-10(7)14)9(3)15(17)18-13/h4,10-11,13H,3,5-6H2,1-2H3/t10-,11-,13-/m1/s1. The third-order valence-electron chi connectivity index (χ3n) is 4.40. The van der Waals surface area contributed by atoms with E-state index in [9.17, 15) is 9.59 Å². The normalized spacial score (nSPS) is 35.1. The lowest BCUT2D eigenvalue weighted by Crippen LogP contribution is -2.17. The predicted molar refractivity (Wildman–Crippen MR) is 66.7 cm³/mol. The van der Waals surface area contributed by atoms with Crippen molar-refractivity contribution in [3.8, 4) is 0 Å². The van der Waals surface area contributed by atoms with Crippen molar-refractivity contribution in [1.82, 2.24) is 0 Å². The molecule has 3 aliphatic rings. The zero-order valence-corrected chi connectivity index (χ0v) is 10.7. The summed E-state index contributed by atoms with van der Waals surface area (Å²) in [6.45, 7) is 7.81. The highest BCUT2D eigenvalue weighted by molar-refractivity contribution is 6.08. The molecule has 0 aromatic heterocycles.